The van der Waals surface area contributed by atoms with E-state index in [0.29, 0.717) is 11.0 Å². The highest BCUT2D eigenvalue weighted by atomic mass is 79.9. The molecule has 0 bridgehead atoms. The lowest BCUT2D eigenvalue weighted by atomic mass is 10.2. The number of hydrogen-bond acceptors (Lipinski definition) is 3. The fraction of sp³-hybridized carbons (Fsp3) is 0.385. The second kappa shape index (κ2) is 7.23. The summed E-state index contributed by atoms with van der Waals surface area (Å²) in [6.45, 7) is 2.36. The van der Waals surface area contributed by atoms with Gasteiger partial charge in [-0.3, -0.25) is 9.59 Å². The van der Waals surface area contributed by atoms with Crippen LogP contribution in [0.2, 0.25) is 0 Å². The Morgan fingerprint density at radius 1 is 1.42 bits per heavy atom. The number of rotatable bonds is 5. The molecule has 0 saturated heterocycles. The third kappa shape index (κ3) is 4.31. The molecule has 0 spiro atoms. The molecule has 6 heteroatoms. The molecule has 0 aliphatic rings. The Bertz CT molecular complexity index is 479. The van der Waals surface area contributed by atoms with Gasteiger partial charge >= 0.3 is 5.97 Å². The highest BCUT2D eigenvalue weighted by Gasteiger charge is 2.19. The number of benzene rings is 1. The van der Waals surface area contributed by atoms with Crippen molar-refractivity contribution >= 4 is 27.8 Å². The van der Waals surface area contributed by atoms with E-state index in [9.17, 15) is 14.0 Å². The topological polar surface area (TPSA) is 46.6 Å². The summed E-state index contributed by atoms with van der Waals surface area (Å²) < 4.78 is 18.8. The maximum absolute atomic E-state index is 13.6. The van der Waals surface area contributed by atoms with E-state index in [1.165, 1.54) is 30.2 Å². The van der Waals surface area contributed by atoms with Gasteiger partial charge in [-0.25, -0.2) is 4.39 Å². The van der Waals surface area contributed by atoms with Crippen molar-refractivity contribution in [3.05, 3.63) is 34.1 Å². The van der Waals surface area contributed by atoms with Gasteiger partial charge in [0, 0.05) is 17.6 Å². The largest absolute Gasteiger partial charge is 0.469 e. The molecule has 0 aliphatic carbocycles. The molecule has 0 heterocycles. The number of amides is 1. The lowest BCUT2D eigenvalue weighted by molar-refractivity contribution is -0.140. The summed E-state index contributed by atoms with van der Waals surface area (Å²) >= 11 is 3.20. The zero-order chi connectivity index (χ0) is 14.4. The Hall–Kier alpha value is -1.43. The van der Waals surface area contributed by atoms with Crippen LogP contribution in [0, 0.1) is 5.82 Å². The molecule has 0 saturated carbocycles. The Labute approximate surface area is 119 Å². The van der Waals surface area contributed by atoms with Gasteiger partial charge in [-0.2, -0.15) is 0 Å². The van der Waals surface area contributed by atoms with Crippen LogP contribution in [0.5, 0.6) is 0 Å². The summed E-state index contributed by atoms with van der Waals surface area (Å²) in [7, 11) is 1.29. The normalized spacial score (nSPS) is 10.1. The highest BCUT2D eigenvalue weighted by Crippen LogP contribution is 2.17. The van der Waals surface area contributed by atoms with Gasteiger partial charge in [-0.1, -0.05) is 15.9 Å². The first-order chi connectivity index (χ1) is 8.99. The molecule has 1 aromatic rings. The van der Waals surface area contributed by atoms with Gasteiger partial charge in [-0.05, 0) is 25.1 Å². The SMILES string of the molecule is CCN(CCC(=O)OC)C(=O)c1cc(Br)ccc1F. The smallest absolute Gasteiger partial charge is 0.307 e. The van der Waals surface area contributed by atoms with Crippen molar-refractivity contribution in [3.8, 4) is 0 Å². The van der Waals surface area contributed by atoms with Crippen molar-refractivity contribution in [1.82, 2.24) is 4.90 Å². The fourth-order valence-electron chi connectivity index (χ4n) is 1.56. The molecule has 0 N–H and O–H groups in total. The second-order valence-electron chi connectivity index (χ2n) is 3.84. The number of ether oxygens (including phenoxy) is 1. The lowest BCUT2D eigenvalue weighted by Gasteiger charge is -2.20. The zero-order valence-electron chi connectivity index (χ0n) is 10.8. The fourth-order valence-corrected chi connectivity index (χ4v) is 1.92. The number of methoxy groups -OCH3 is 1. The number of esters is 1. The molecule has 0 aromatic heterocycles. The molecule has 1 amide bonds. The third-order valence-electron chi connectivity index (χ3n) is 2.64. The number of nitrogens with zero attached hydrogens (tertiary/aromatic N) is 1. The maximum Gasteiger partial charge on any atom is 0.307 e. The number of hydrogen-bond donors (Lipinski definition) is 0. The van der Waals surface area contributed by atoms with Crippen LogP contribution in [-0.2, 0) is 9.53 Å². The summed E-state index contributed by atoms with van der Waals surface area (Å²) in [6.07, 6.45) is 0.0890. The van der Waals surface area contributed by atoms with Gasteiger partial charge in [0.15, 0.2) is 0 Å². The van der Waals surface area contributed by atoms with Crippen LogP contribution in [-0.4, -0.2) is 37.0 Å². The molecule has 0 radical (unpaired) electrons. The van der Waals surface area contributed by atoms with E-state index in [1.807, 2.05) is 0 Å². The van der Waals surface area contributed by atoms with Crippen molar-refractivity contribution in [1.29, 1.82) is 0 Å². The van der Waals surface area contributed by atoms with E-state index in [4.69, 9.17) is 0 Å². The van der Waals surface area contributed by atoms with E-state index < -0.39 is 17.7 Å². The van der Waals surface area contributed by atoms with Gasteiger partial charge in [0.2, 0.25) is 0 Å². The summed E-state index contributed by atoms with van der Waals surface area (Å²) in [5, 5.41) is 0. The average molecular weight is 332 g/mol. The number of halogens is 2. The maximum atomic E-state index is 13.6. The van der Waals surface area contributed by atoms with Crippen molar-refractivity contribution in [2.45, 2.75) is 13.3 Å². The predicted octanol–water partition coefficient (Wildman–Crippen LogP) is 2.61. The van der Waals surface area contributed by atoms with Crippen LogP contribution in [0.3, 0.4) is 0 Å². The van der Waals surface area contributed by atoms with E-state index in [-0.39, 0.29) is 18.5 Å². The molecule has 19 heavy (non-hydrogen) atoms. The Morgan fingerprint density at radius 3 is 2.68 bits per heavy atom. The monoisotopic (exact) mass is 331 g/mol. The second-order valence-corrected chi connectivity index (χ2v) is 4.75. The van der Waals surface area contributed by atoms with Crippen LogP contribution in [0.25, 0.3) is 0 Å². The van der Waals surface area contributed by atoms with Crippen LogP contribution < -0.4 is 0 Å². The Balaban J connectivity index is 2.83. The third-order valence-corrected chi connectivity index (χ3v) is 3.13. The van der Waals surface area contributed by atoms with Crippen LogP contribution in [0.15, 0.2) is 22.7 Å². The lowest BCUT2D eigenvalue weighted by Crippen LogP contribution is -2.33. The molecule has 0 atom stereocenters. The molecular formula is C13H15BrFNO3. The molecular weight excluding hydrogens is 317 g/mol. The van der Waals surface area contributed by atoms with E-state index in [2.05, 4.69) is 20.7 Å². The van der Waals surface area contributed by atoms with Crippen molar-refractivity contribution in [2.24, 2.45) is 0 Å². The first-order valence-electron chi connectivity index (χ1n) is 5.80. The predicted molar refractivity (Wildman–Crippen MR) is 72.3 cm³/mol. The summed E-state index contributed by atoms with van der Waals surface area (Å²) in [6, 6.07) is 4.18. The van der Waals surface area contributed by atoms with E-state index in [0.717, 1.165) is 0 Å². The van der Waals surface area contributed by atoms with Gasteiger partial charge in [0.1, 0.15) is 5.82 Å². The standard InChI is InChI=1S/C13H15BrFNO3/c1-3-16(7-6-12(17)19-2)13(18)10-8-9(14)4-5-11(10)15/h4-5,8H,3,6-7H2,1-2H3. The van der Waals surface area contributed by atoms with E-state index >= 15 is 0 Å². The number of carbonyl (C=O) groups is 2. The minimum atomic E-state index is -0.579. The van der Waals surface area contributed by atoms with Crippen molar-refractivity contribution in [2.75, 3.05) is 20.2 Å². The summed E-state index contributed by atoms with van der Waals surface area (Å²) in [4.78, 5) is 24.6. The van der Waals surface area contributed by atoms with Crippen LogP contribution >= 0.6 is 15.9 Å². The van der Waals surface area contributed by atoms with Crippen molar-refractivity contribution < 1.29 is 18.7 Å². The summed E-state index contributed by atoms with van der Waals surface area (Å²) in [5.74, 6) is -1.42. The summed E-state index contributed by atoms with van der Waals surface area (Å²) in [5.41, 5.74) is -0.0129. The van der Waals surface area contributed by atoms with Crippen molar-refractivity contribution in [3.63, 3.8) is 0 Å². The molecule has 1 aromatic carbocycles. The average Bonchev–Trinajstić information content (AvgIpc) is 2.41. The van der Waals surface area contributed by atoms with Crippen LogP contribution in [0.4, 0.5) is 4.39 Å². The molecule has 104 valence electrons. The first kappa shape index (κ1) is 15.6. The minimum Gasteiger partial charge on any atom is -0.469 e. The zero-order valence-corrected chi connectivity index (χ0v) is 12.4. The van der Waals surface area contributed by atoms with Gasteiger partial charge < -0.3 is 9.64 Å². The van der Waals surface area contributed by atoms with Crippen LogP contribution in [0.1, 0.15) is 23.7 Å². The molecule has 0 fully saturated rings. The highest BCUT2D eigenvalue weighted by molar-refractivity contribution is 9.10. The van der Waals surface area contributed by atoms with Gasteiger partial charge in [0.05, 0.1) is 19.1 Å². The molecule has 1 rings (SSSR count). The van der Waals surface area contributed by atoms with E-state index in [1.54, 1.807) is 6.92 Å². The van der Waals surface area contributed by atoms with Gasteiger partial charge in [0.25, 0.3) is 5.91 Å². The molecule has 0 aliphatic heterocycles. The molecule has 0 unspecified atom stereocenters. The minimum absolute atomic E-state index is 0.0129. The molecule has 4 nitrogen and oxygen atoms in total. The Morgan fingerprint density at radius 2 is 2.11 bits per heavy atom. The first-order valence-corrected chi connectivity index (χ1v) is 6.60. The Kier molecular flexibility index (Phi) is 5.95. The van der Waals surface area contributed by atoms with Gasteiger partial charge in [-0.15, -0.1) is 0 Å². The quantitative estimate of drug-likeness (QED) is 0.779. The number of carbonyl (C=O) groups excluding carboxylic acids is 2.